The lowest BCUT2D eigenvalue weighted by atomic mass is 9.43. The molecule has 16 heteroatoms. The summed E-state index contributed by atoms with van der Waals surface area (Å²) >= 11 is 0. The van der Waals surface area contributed by atoms with Gasteiger partial charge in [0.25, 0.3) is 0 Å². The van der Waals surface area contributed by atoms with E-state index in [9.17, 15) is 60.3 Å². The monoisotopic (exact) mass is 1320 g/mol. The van der Waals surface area contributed by atoms with Gasteiger partial charge in [0.2, 0.25) is 17.7 Å². The lowest BCUT2D eigenvalue weighted by Crippen LogP contribution is -2.62. The Hall–Kier alpha value is -1.99. The predicted octanol–water partition coefficient (Wildman–Crippen LogP) is 8.80. The van der Waals surface area contributed by atoms with E-state index in [-0.39, 0.29) is 194 Å². The normalized spacial score (nSPS) is 50.8. The fourth-order valence-electron chi connectivity index (χ4n) is 27.8. The molecule has 12 fully saturated rings. The molecule has 94 heavy (non-hydrogen) atoms. The van der Waals surface area contributed by atoms with E-state index < -0.39 is 42.7 Å². The largest absolute Gasteiger partial charge is 0.393 e. The van der Waals surface area contributed by atoms with Crippen molar-refractivity contribution in [1.82, 2.24) is 16.0 Å². The minimum absolute atomic E-state index is 0.000863. The Morgan fingerprint density at radius 1 is 0.394 bits per heavy atom. The number of amides is 3. The molecule has 16 nitrogen and oxygen atoms in total. The SMILES string of the molecule is C[C@H](CCC(=O)NCCC(CNC(=O)CC[C@@H](C)[C@H]1CCC2C3C(C[C@H](O)[C@@]21C)[C@@]1(C)CC[C@@H](O)C[C@H]1C[C@H]3O)C(N)CNC(=O)CC[C@@H](C)[C@H]1CCC2C3C(C[C@H](O)[C@@]21C)[C@@]1(C)CC[C@@H](O)C[C@H]1C[C@H]3O)[C@H]1CCC2C3C(C[C@H](O)[C@@]21C)[C@@]1(C)CC[C@@H](O)C[C@H]1C[C@H]3O. The Kier molecular flexibility index (Phi) is 20.9. The molecule has 12 aliphatic carbocycles. The summed E-state index contributed by atoms with van der Waals surface area (Å²) in [6.45, 7) is 21.4. The molecule has 0 aromatic heterocycles. The van der Waals surface area contributed by atoms with Crippen molar-refractivity contribution in [1.29, 1.82) is 0 Å². The van der Waals surface area contributed by atoms with E-state index in [0.29, 0.717) is 83.6 Å². The number of aliphatic hydroxyl groups excluding tert-OH is 9. The van der Waals surface area contributed by atoms with Gasteiger partial charge in [0.15, 0.2) is 0 Å². The molecule has 0 bridgehead atoms. The standard InChI is InChI=1S/C78H132N4O12/c1-41(51-13-16-54-70-57(36-64(89)76(51,54)7)73(4)26-22-48(83)30-45(73)33-61(70)86)10-19-67(92)80-29-25-44(39-81-68(93)20-11-42(2)52-14-17-55-71-58(37-65(90)77(52,55)8)74(5)27-23-49(84)31-46(74)34-62(71)87)60(79)40-82-69(94)21-12-43(3)53-15-18-56-72-59(38-66(91)78(53,56)9)75(6)28-24-50(85)32-47(75)35-63(72)88/h41-66,70-72,83-91H,10-40,79H2,1-9H3,(H,80,92)(H,81,93)(H,82,94)/t41-,42-,43-,44?,45+,46+,47+,48-,49-,50-,51-,52-,53-,54?,55?,56?,57?,58?,59?,60?,61-,62-,63-,64+,65+,66+,70?,71?,72?,73+,74+,75+,76-,77-,78-/m1/s1. The van der Waals surface area contributed by atoms with Crippen LogP contribution in [-0.4, -0.2) is 144 Å². The quantitative estimate of drug-likeness (QED) is 0.0543. The number of hydrogen-bond donors (Lipinski definition) is 13. The Morgan fingerprint density at radius 3 is 1.03 bits per heavy atom. The molecular formula is C78H132N4O12. The van der Waals surface area contributed by atoms with Gasteiger partial charge in [-0.1, -0.05) is 62.3 Å². The number of carbonyl (C=O) groups excluding carboxylic acids is 3. The van der Waals surface area contributed by atoms with Crippen molar-refractivity contribution in [3.05, 3.63) is 0 Å². The van der Waals surface area contributed by atoms with Crippen LogP contribution in [-0.2, 0) is 14.4 Å². The first-order chi connectivity index (χ1) is 44.4. The van der Waals surface area contributed by atoms with Gasteiger partial charge < -0.3 is 67.6 Å². The van der Waals surface area contributed by atoms with Crippen LogP contribution in [0.1, 0.15) is 242 Å². The van der Waals surface area contributed by atoms with Gasteiger partial charge in [-0.15, -0.1) is 0 Å². The maximum absolute atomic E-state index is 14.0. The van der Waals surface area contributed by atoms with Crippen LogP contribution in [0.4, 0.5) is 0 Å². The van der Waals surface area contributed by atoms with Gasteiger partial charge in [-0.3, -0.25) is 14.4 Å². The summed E-state index contributed by atoms with van der Waals surface area (Å²) in [6, 6.07) is -0.523. The Balaban J connectivity index is 0.649. The maximum Gasteiger partial charge on any atom is 0.220 e. The average Bonchev–Trinajstić information content (AvgIpc) is 1.28. The average molecular weight is 1320 g/mol. The number of nitrogens with two attached hydrogens (primary N) is 1. The van der Waals surface area contributed by atoms with E-state index in [1.54, 1.807) is 0 Å². The van der Waals surface area contributed by atoms with Gasteiger partial charge in [0.1, 0.15) is 0 Å². The molecule has 11 unspecified atom stereocenters. The molecule has 0 radical (unpaired) electrons. The van der Waals surface area contributed by atoms with E-state index in [0.717, 1.165) is 103 Å². The number of carbonyl (C=O) groups is 3. The molecule has 536 valence electrons. The van der Waals surface area contributed by atoms with E-state index >= 15 is 0 Å². The first kappa shape index (κ1) is 71.8. The number of aliphatic hydroxyl groups is 9. The predicted molar refractivity (Wildman–Crippen MR) is 362 cm³/mol. The van der Waals surface area contributed by atoms with Crippen LogP contribution in [0.3, 0.4) is 0 Å². The van der Waals surface area contributed by atoms with Crippen molar-refractivity contribution in [3.63, 3.8) is 0 Å². The highest BCUT2D eigenvalue weighted by Crippen LogP contribution is 2.72. The highest BCUT2D eigenvalue weighted by Gasteiger charge is 2.69. The number of hydrogen-bond acceptors (Lipinski definition) is 13. The third-order valence-corrected chi connectivity index (χ3v) is 33.6. The molecule has 14 N–H and O–H groups in total. The summed E-state index contributed by atoms with van der Waals surface area (Å²) < 4.78 is 0. The van der Waals surface area contributed by atoms with Crippen molar-refractivity contribution in [2.45, 2.75) is 303 Å². The van der Waals surface area contributed by atoms with Gasteiger partial charge in [0, 0.05) is 44.9 Å². The van der Waals surface area contributed by atoms with Crippen molar-refractivity contribution in [2.24, 2.45) is 151 Å². The first-order valence-electron chi connectivity index (χ1n) is 39.1. The van der Waals surface area contributed by atoms with E-state index in [2.05, 4.69) is 78.3 Å². The van der Waals surface area contributed by atoms with Crippen LogP contribution >= 0.6 is 0 Å². The summed E-state index contributed by atoms with van der Waals surface area (Å²) in [7, 11) is 0. The zero-order valence-electron chi connectivity index (χ0n) is 59.5. The lowest BCUT2D eigenvalue weighted by molar-refractivity contribution is -0.207. The smallest absolute Gasteiger partial charge is 0.220 e. The van der Waals surface area contributed by atoms with Crippen LogP contribution in [0.25, 0.3) is 0 Å². The summed E-state index contributed by atoms with van der Waals surface area (Å²) in [5, 5.41) is 114. The van der Waals surface area contributed by atoms with Gasteiger partial charge in [-0.05, 0) is 305 Å². The fraction of sp³-hybridized carbons (Fsp3) is 0.962. The van der Waals surface area contributed by atoms with Gasteiger partial charge in [-0.2, -0.15) is 0 Å². The second-order valence-corrected chi connectivity index (χ2v) is 37.3. The second kappa shape index (κ2) is 27.4. The molecule has 12 aliphatic rings. The van der Waals surface area contributed by atoms with Crippen LogP contribution in [0, 0.1) is 145 Å². The molecule has 0 heterocycles. The highest BCUT2D eigenvalue weighted by molar-refractivity contribution is 5.76. The number of nitrogens with one attached hydrogen (secondary N) is 3. The molecule has 0 spiro atoms. The molecule has 3 amide bonds. The fourth-order valence-corrected chi connectivity index (χ4v) is 27.8. The van der Waals surface area contributed by atoms with Crippen LogP contribution in [0.2, 0.25) is 0 Å². The summed E-state index contributed by atoms with van der Waals surface area (Å²) in [5.74, 6) is 3.05. The second-order valence-electron chi connectivity index (χ2n) is 37.3. The van der Waals surface area contributed by atoms with Gasteiger partial charge in [0.05, 0.1) is 54.9 Å². The summed E-state index contributed by atoms with van der Waals surface area (Å²) in [5.41, 5.74) is 5.97. The molecule has 12 rings (SSSR count). The molecular weight excluding hydrogens is 1180 g/mol. The third-order valence-electron chi connectivity index (χ3n) is 33.6. The van der Waals surface area contributed by atoms with Crippen molar-refractivity contribution >= 4 is 17.7 Å². The van der Waals surface area contributed by atoms with Crippen molar-refractivity contribution < 1.29 is 60.3 Å². The number of fused-ring (bicyclic) bond motifs is 15. The molecule has 0 aromatic carbocycles. The molecule has 0 saturated heterocycles. The first-order valence-corrected chi connectivity index (χ1v) is 39.1. The molecule has 0 aromatic rings. The highest BCUT2D eigenvalue weighted by atomic mass is 16.3. The minimum Gasteiger partial charge on any atom is -0.393 e. The Labute approximate surface area is 564 Å². The minimum atomic E-state index is -0.523. The third kappa shape index (κ3) is 12.4. The van der Waals surface area contributed by atoms with E-state index in [1.807, 2.05) is 0 Å². The zero-order valence-corrected chi connectivity index (χ0v) is 59.5. The van der Waals surface area contributed by atoms with Crippen LogP contribution in [0.5, 0.6) is 0 Å². The van der Waals surface area contributed by atoms with Gasteiger partial charge in [-0.25, -0.2) is 0 Å². The molecule has 35 atom stereocenters. The lowest BCUT2D eigenvalue weighted by Gasteiger charge is -2.63. The summed E-state index contributed by atoms with van der Waals surface area (Å²) in [4.78, 5) is 41.8. The maximum atomic E-state index is 14.0. The molecule has 0 aliphatic heterocycles. The van der Waals surface area contributed by atoms with Crippen molar-refractivity contribution in [3.8, 4) is 0 Å². The summed E-state index contributed by atoms with van der Waals surface area (Å²) in [6.07, 6.45) is 16.9. The van der Waals surface area contributed by atoms with Crippen LogP contribution < -0.4 is 21.7 Å². The Morgan fingerprint density at radius 2 is 0.702 bits per heavy atom. The zero-order chi connectivity index (χ0) is 67.5. The number of rotatable bonds is 20. The van der Waals surface area contributed by atoms with E-state index in [4.69, 9.17) is 5.73 Å². The van der Waals surface area contributed by atoms with Crippen LogP contribution in [0.15, 0.2) is 0 Å². The van der Waals surface area contributed by atoms with Gasteiger partial charge >= 0.3 is 0 Å². The Bertz CT molecular complexity index is 2670. The van der Waals surface area contributed by atoms with Crippen molar-refractivity contribution in [2.75, 3.05) is 19.6 Å². The molecule has 12 saturated carbocycles. The topological polar surface area (TPSA) is 295 Å². The van der Waals surface area contributed by atoms with E-state index in [1.165, 1.54) is 0 Å².